The lowest BCUT2D eigenvalue weighted by molar-refractivity contribution is -0.0509. The van der Waals surface area contributed by atoms with E-state index in [1.165, 1.54) is 32.1 Å². The van der Waals surface area contributed by atoms with Gasteiger partial charge in [0.2, 0.25) is 0 Å². The van der Waals surface area contributed by atoms with E-state index < -0.39 is 6.61 Å². The van der Waals surface area contributed by atoms with E-state index in [0.29, 0.717) is 17.8 Å². The average Bonchev–Trinajstić information content (AvgIpc) is 3.01. The molecule has 0 bridgehead atoms. The third-order valence-corrected chi connectivity index (χ3v) is 5.92. The van der Waals surface area contributed by atoms with Gasteiger partial charge in [-0.25, -0.2) is 0 Å². The van der Waals surface area contributed by atoms with Crippen molar-refractivity contribution in [3.05, 3.63) is 70.8 Å². The molecule has 210 valence electrons. The summed E-state index contributed by atoms with van der Waals surface area (Å²) < 4.78 is 30.5. The number of likely N-dealkylation sites (N-methyl/N-ethyl adjacent to an activating group) is 1. The van der Waals surface area contributed by atoms with Crippen LogP contribution >= 0.6 is 0 Å². The Kier molecular flexibility index (Phi) is 18.4. The molecule has 1 aliphatic rings. The van der Waals surface area contributed by atoms with Gasteiger partial charge in [-0.1, -0.05) is 117 Å². The lowest BCUT2D eigenvalue weighted by atomic mass is 9.92. The second-order valence-corrected chi connectivity index (χ2v) is 9.25. The largest absolute Gasteiger partial charge is 0.434 e. The Hall–Kier alpha value is -2.40. The Labute approximate surface area is 226 Å². The first-order valence-corrected chi connectivity index (χ1v) is 14.0. The highest BCUT2D eigenvalue weighted by Crippen LogP contribution is 2.39. The summed E-state index contributed by atoms with van der Waals surface area (Å²) in [5.74, 6) is 1.11. The van der Waals surface area contributed by atoms with Gasteiger partial charge in [-0.3, -0.25) is 4.90 Å². The van der Waals surface area contributed by atoms with E-state index in [1.807, 2.05) is 84.1 Å². The number of unbranched alkanes of at least 4 members (excludes halogenated alkanes) is 3. The maximum absolute atomic E-state index is 12.9. The minimum absolute atomic E-state index is 0.206. The summed E-state index contributed by atoms with van der Waals surface area (Å²) >= 11 is 0. The second kappa shape index (κ2) is 19.7. The van der Waals surface area contributed by atoms with Gasteiger partial charge in [0.05, 0.1) is 6.04 Å². The van der Waals surface area contributed by atoms with E-state index in [9.17, 15) is 8.78 Å². The van der Waals surface area contributed by atoms with Crippen molar-refractivity contribution in [2.24, 2.45) is 11.7 Å². The van der Waals surface area contributed by atoms with Crippen molar-refractivity contribution in [1.29, 1.82) is 0 Å². The van der Waals surface area contributed by atoms with E-state index in [0.717, 1.165) is 22.6 Å². The molecule has 0 aromatic heterocycles. The van der Waals surface area contributed by atoms with Crippen LogP contribution in [0.3, 0.4) is 0 Å². The molecule has 5 heteroatoms. The average molecular weight is 519 g/mol. The number of halogens is 2. The minimum Gasteiger partial charge on any atom is -0.434 e. The molecule has 2 aromatic rings. The van der Waals surface area contributed by atoms with Gasteiger partial charge in [-0.15, -0.1) is 0 Å². The van der Waals surface area contributed by atoms with E-state index in [4.69, 9.17) is 10.5 Å². The molecule has 1 heterocycles. The van der Waals surface area contributed by atoms with Gasteiger partial charge < -0.3 is 10.5 Å². The molecule has 3 rings (SSSR count). The first-order valence-electron chi connectivity index (χ1n) is 14.0. The summed E-state index contributed by atoms with van der Waals surface area (Å²) in [6.07, 6.45) is 9.02. The van der Waals surface area contributed by atoms with Crippen LogP contribution in [0.15, 0.2) is 48.5 Å². The van der Waals surface area contributed by atoms with E-state index in [-0.39, 0.29) is 11.8 Å². The number of ether oxygens (including phenoxy) is 1. The van der Waals surface area contributed by atoms with Gasteiger partial charge >= 0.3 is 6.61 Å². The molecule has 0 saturated heterocycles. The molecular formula is C32H52F2N2O. The number of hydrogen-bond acceptors (Lipinski definition) is 3. The van der Waals surface area contributed by atoms with Crippen molar-refractivity contribution in [3.63, 3.8) is 0 Å². The van der Waals surface area contributed by atoms with Crippen molar-refractivity contribution in [2.75, 3.05) is 13.6 Å². The van der Waals surface area contributed by atoms with Crippen LogP contribution in [0.25, 0.3) is 5.70 Å². The number of hydrogen-bond donors (Lipinski definition) is 1. The van der Waals surface area contributed by atoms with Crippen molar-refractivity contribution in [2.45, 2.75) is 100 Å². The first-order chi connectivity index (χ1) is 17.7. The summed E-state index contributed by atoms with van der Waals surface area (Å²) in [6, 6.07) is 13.0. The molecule has 2 aromatic carbocycles. The fourth-order valence-electron chi connectivity index (χ4n) is 4.14. The van der Waals surface area contributed by atoms with Crippen LogP contribution in [-0.2, 0) is 0 Å². The van der Waals surface area contributed by atoms with Crippen molar-refractivity contribution >= 4 is 5.70 Å². The normalized spacial score (nSPS) is 14.6. The Morgan fingerprint density at radius 2 is 1.62 bits per heavy atom. The summed E-state index contributed by atoms with van der Waals surface area (Å²) in [4.78, 5) is 2.07. The molecule has 1 unspecified atom stereocenters. The molecule has 0 fully saturated rings. The van der Waals surface area contributed by atoms with Crippen LogP contribution in [0.4, 0.5) is 8.78 Å². The number of aryl methyl sites for hydroxylation is 1. The second-order valence-electron chi connectivity index (χ2n) is 9.25. The molecule has 1 atom stereocenters. The van der Waals surface area contributed by atoms with Crippen LogP contribution in [0.1, 0.15) is 109 Å². The summed E-state index contributed by atoms with van der Waals surface area (Å²) in [6.45, 7) is 14.5. The zero-order valence-corrected chi connectivity index (χ0v) is 24.8. The number of nitrogens with zero attached hydrogens (tertiary/aromatic N) is 1. The lowest BCUT2D eigenvalue weighted by Gasteiger charge is -2.29. The zero-order chi connectivity index (χ0) is 28.4. The Morgan fingerprint density at radius 3 is 2.22 bits per heavy atom. The number of nitrogens with two attached hydrogens (primary N) is 1. The Morgan fingerprint density at radius 1 is 0.973 bits per heavy atom. The highest BCUT2D eigenvalue weighted by molar-refractivity contribution is 5.68. The Bertz CT molecular complexity index is 896. The smallest absolute Gasteiger partial charge is 0.387 e. The lowest BCUT2D eigenvalue weighted by Crippen LogP contribution is -2.26. The highest BCUT2D eigenvalue weighted by Gasteiger charge is 2.28. The van der Waals surface area contributed by atoms with Crippen LogP contribution < -0.4 is 10.5 Å². The third-order valence-electron chi connectivity index (χ3n) is 5.92. The quantitative estimate of drug-likeness (QED) is 0.354. The van der Waals surface area contributed by atoms with Crippen LogP contribution in [0, 0.1) is 12.8 Å². The minimum atomic E-state index is -2.86. The van der Waals surface area contributed by atoms with Gasteiger partial charge in [0.25, 0.3) is 0 Å². The van der Waals surface area contributed by atoms with Gasteiger partial charge in [0.1, 0.15) is 5.75 Å². The summed E-state index contributed by atoms with van der Waals surface area (Å²) in [5, 5.41) is 0. The first kappa shape index (κ1) is 34.6. The van der Waals surface area contributed by atoms with Gasteiger partial charge in [-0.05, 0) is 43.2 Å². The molecule has 0 saturated carbocycles. The van der Waals surface area contributed by atoms with Crippen molar-refractivity contribution in [1.82, 2.24) is 4.90 Å². The van der Waals surface area contributed by atoms with Gasteiger partial charge in [0.15, 0.2) is 0 Å². The Balaban J connectivity index is 0.000000843. The van der Waals surface area contributed by atoms with Gasteiger partial charge in [-0.2, -0.15) is 8.78 Å². The molecule has 3 nitrogen and oxygen atoms in total. The SMILES string of the molecule is CC.CC.CCCCCCC(C)C.Cc1ccc(C2c3ccccc3C(N)=CCN2C)c(OC(F)F)c1. The monoisotopic (exact) mass is 518 g/mol. The molecule has 1 aliphatic heterocycles. The molecule has 0 radical (unpaired) electrons. The third kappa shape index (κ3) is 12.1. The van der Waals surface area contributed by atoms with Gasteiger partial charge in [0, 0.05) is 23.4 Å². The molecule has 0 spiro atoms. The van der Waals surface area contributed by atoms with Crippen LogP contribution in [-0.4, -0.2) is 25.1 Å². The molecular weight excluding hydrogens is 466 g/mol. The molecule has 0 aliphatic carbocycles. The fourth-order valence-corrected chi connectivity index (χ4v) is 4.14. The standard InChI is InChI=1S/C19H20F2N2O.C9H20.2C2H6/c1-12-7-8-15(17(11-12)24-19(20)21)18-14-6-4-3-5-13(14)16(22)9-10-23(18)2;1-4-5-6-7-8-9(2)3;2*1-2/h3-9,11,18-19H,10,22H2,1-2H3;9H,4-8H2,1-3H3;2*1-2H3. The summed E-state index contributed by atoms with van der Waals surface area (Å²) in [7, 11) is 1.95. The van der Waals surface area contributed by atoms with Crippen molar-refractivity contribution in [3.8, 4) is 5.75 Å². The fraction of sp³-hybridized carbons (Fsp3) is 0.562. The number of benzene rings is 2. The number of fused-ring (bicyclic) bond motifs is 1. The van der Waals surface area contributed by atoms with Crippen molar-refractivity contribution < 1.29 is 13.5 Å². The van der Waals surface area contributed by atoms with E-state index in [2.05, 4.69) is 25.7 Å². The molecule has 2 N–H and O–H groups in total. The molecule has 37 heavy (non-hydrogen) atoms. The number of rotatable bonds is 8. The topological polar surface area (TPSA) is 38.5 Å². The van der Waals surface area contributed by atoms with E-state index in [1.54, 1.807) is 6.07 Å². The summed E-state index contributed by atoms with van der Waals surface area (Å²) in [5.41, 5.74) is 10.4. The maximum atomic E-state index is 12.9. The van der Waals surface area contributed by atoms with Crippen LogP contribution in [0.2, 0.25) is 0 Å². The maximum Gasteiger partial charge on any atom is 0.387 e. The predicted octanol–water partition coefficient (Wildman–Crippen LogP) is 9.60. The predicted molar refractivity (Wildman–Crippen MR) is 157 cm³/mol. The molecule has 0 amide bonds. The van der Waals surface area contributed by atoms with E-state index >= 15 is 0 Å². The number of alkyl halides is 2. The highest BCUT2D eigenvalue weighted by atomic mass is 19.3. The zero-order valence-electron chi connectivity index (χ0n) is 24.8. The van der Waals surface area contributed by atoms with Crippen LogP contribution in [0.5, 0.6) is 5.75 Å².